The number of fused-ring (bicyclic) bond motifs is 1. The molecule has 0 unspecified atom stereocenters. The Morgan fingerprint density at radius 3 is 2.30 bits per heavy atom. The summed E-state index contributed by atoms with van der Waals surface area (Å²) in [5, 5.41) is 11.3. The molecule has 3 rings (SSSR count). The van der Waals surface area contributed by atoms with Gasteiger partial charge in [-0.25, -0.2) is 4.79 Å². The van der Waals surface area contributed by atoms with Crippen LogP contribution in [0.1, 0.15) is 30.6 Å². The average molecular weight is 308 g/mol. The molecule has 1 aromatic heterocycles. The second-order valence-corrected chi connectivity index (χ2v) is 5.52. The molecular weight excluding hydrogens is 292 g/mol. The summed E-state index contributed by atoms with van der Waals surface area (Å²) in [4.78, 5) is 23.9. The summed E-state index contributed by atoms with van der Waals surface area (Å²) in [6.45, 7) is 1.48. The lowest BCUT2D eigenvalue weighted by atomic mass is 9.90. The van der Waals surface area contributed by atoms with Crippen LogP contribution in [0.15, 0.2) is 63.8 Å². The minimum Gasteiger partial charge on any atom is -0.504 e. The van der Waals surface area contributed by atoms with Crippen molar-refractivity contribution in [3.8, 4) is 5.75 Å². The second-order valence-electron chi connectivity index (χ2n) is 5.52. The van der Waals surface area contributed by atoms with Crippen molar-refractivity contribution >= 4 is 16.6 Å². The first-order valence-electron chi connectivity index (χ1n) is 7.37. The number of ketones is 1. The van der Waals surface area contributed by atoms with Crippen LogP contribution in [0.3, 0.4) is 0 Å². The number of Topliss-reactive ketones (excluding diaryl/α,β-unsaturated/α-hetero) is 1. The fourth-order valence-corrected chi connectivity index (χ4v) is 2.77. The van der Waals surface area contributed by atoms with Crippen LogP contribution in [-0.2, 0) is 4.79 Å². The smallest absolute Gasteiger partial charge is 0.344 e. The van der Waals surface area contributed by atoms with Gasteiger partial charge in [0.2, 0.25) is 0 Å². The molecular formula is C19H16O4. The molecule has 1 atom stereocenters. The van der Waals surface area contributed by atoms with Gasteiger partial charge in [0, 0.05) is 11.8 Å². The summed E-state index contributed by atoms with van der Waals surface area (Å²) in [5.74, 6) is -0.495. The largest absolute Gasteiger partial charge is 0.504 e. The molecule has 23 heavy (non-hydrogen) atoms. The SMILES string of the molecule is CC(=O)C[C@@H](c1ccccc1)c1oc(=O)c2ccccc2c1O. The van der Waals surface area contributed by atoms with E-state index in [0.29, 0.717) is 10.8 Å². The van der Waals surface area contributed by atoms with E-state index >= 15 is 0 Å². The van der Waals surface area contributed by atoms with E-state index in [9.17, 15) is 14.7 Å². The van der Waals surface area contributed by atoms with Crippen molar-refractivity contribution < 1.29 is 14.3 Å². The highest BCUT2D eigenvalue weighted by Gasteiger charge is 2.24. The van der Waals surface area contributed by atoms with Crippen LogP contribution in [0.4, 0.5) is 0 Å². The molecule has 116 valence electrons. The molecule has 0 radical (unpaired) electrons. The van der Waals surface area contributed by atoms with Crippen molar-refractivity contribution in [3.63, 3.8) is 0 Å². The Kier molecular flexibility index (Phi) is 3.98. The van der Waals surface area contributed by atoms with Crippen LogP contribution in [0.2, 0.25) is 0 Å². The fraction of sp³-hybridized carbons (Fsp3) is 0.158. The van der Waals surface area contributed by atoms with Crippen LogP contribution in [-0.4, -0.2) is 10.9 Å². The van der Waals surface area contributed by atoms with Gasteiger partial charge in [-0.1, -0.05) is 48.5 Å². The predicted octanol–water partition coefficient (Wildman–Crippen LogP) is 3.61. The first-order valence-corrected chi connectivity index (χ1v) is 7.37. The van der Waals surface area contributed by atoms with Crippen molar-refractivity contribution in [2.75, 3.05) is 0 Å². The van der Waals surface area contributed by atoms with Gasteiger partial charge in [-0.15, -0.1) is 0 Å². The predicted molar refractivity (Wildman–Crippen MR) is 87.7 cm³/mol. The van der Waals surface area contributed by atoms with Gasteiger partial charge >= 0.3 is 5.63 Å². The Labute approximate surface area is 133 Å². The Morgan fingerprint density at radius 2 is 1.65 bits per heavy atom. The fourth-order valence-electron chi connectivity index (χ4n) is 2.77. The molecule has 3 aromatic rings. The molecule has 0 saturated carbocycles. The van der Waals surface area contributed by atoms with E-state index in [4.69, 9.17) is 4.42 Å². The minimum absolute atomic E-state index is 0.0472. The third kappa shape index (κ3) is 2.88. The molecule has 0 fully saturated rings. The first-order chi connectivity index (χ1) is 11.1. The maximum absolute atomic E-state index is 12.2. The highest BCUT2D eigenvalue weighted by Crippen LogP contribution is 2.36. The van der Waals surface area contributed by atoms with Gasteiger partial charge in [0.25, 0.3) is 0 Å². The summed E-state index contributed by atoms with van der Waals surface area (Å²) < 4.78 is 5.38. The number of carbonyl (C=O) groups excluding carboxylic acids is 1. The van der Waals surface area contributed by atoms with E-state index in [0.717, 1.165) is 5.56 Å². The zero-order valence-corrected chi connectivity index (χ0v) is 12.7. The molecule has 0 bridgehead atoms. The monoisotopic (exact) mass is 308 g/mol. The van der Waals surface area contributed by atoms with Gasteiger partial charge in [0.15, 0.2) is 11.5 Å². The van der Waals surface area contributed by atoms with Crippen LogP contribution in [0.5, 0.6) is 5.75 Å². The van der Waals surface area contributed by atoms with Gasteiger partial charge in [-0.05, 0) is 18.6 Å². The molecule has 0 spiro atoms. The molecule has 1 heterocycles. The minimum atomic E-state index is -0.516. The third-order valence-corrected chi connectivity index (χ3v) is 3.85. The Balaban J connectivity index is 2.24. The van der Waals surface area contributed by atoms with E-state index in [1.165, 1.54) is 6.92 Å². The van der Waals surface area contributed by atoms with E-state index in [2.05, 4.69) is 0 Å². The quantitative estimate of drug-likeness (QED) is 0.799. The molecule has 0 aliphatic carbocycles. The third-order valence-electron chi connectivity index (χ3n) is 3.85. The van der Waals surface area contributed by atoms with Crippen LogP contribution in [0.25, 0.3) is 10.8 Å². The number of hydrogen-bond donors (Lipinski definition) is 1. The van der Waals surface area contributed by atoms with E-state index in [-0.39, 0.29) is 23.7 Å². The van der Waals surface area contributed by atoms with Crippen molar-refractivity contribution in [1.82, 2.24) is 0 Å². The van der Waals surface area contributed by atoms with Gasteiger partial charge in [0.05, 0.1) is 11.3 Å². The number of rotatable bonds is 4. The van der Waals surface area contributed by atoms with E-state index in [1.54, 1.807) is 24.3 Å². The van der Waals surface area contributed by atoms with Gasteiger partial charge in [-0.2, -0.15) is 0 Å². The lowest BCUT2D eigenvalue weighted by Gasteiger charge is -2.17. The number of carbonyl (C=O) groups is 1. The molecule has 0 saturated heterocycles. The summed E-state index contributed by atoms with van der Waals surface area (Å²) in [5.41, 5.74) is 0.300. The molecule has 0 aliphatic heterocycles. The molecule has 0 amide bonds. The van der Waals surface area contributed by atoms with E-state index in [1.807, 2.05) is 30.3 Å². The van der Waals surface area contributed by atoms with E-state index < -0.39 is 11.5 Å². The zero-order valence-electron chi connectivity index (χ0n) is 12.7. The maximum Gasteiger partial charge on any atom is 0.344 e. The first kappa shape index (κ1) is 15.0. The highest BCUT2D eigenvalue weighted by molar-refractivity contribution is 5.88. The molecule has 1 N–H and O–H groups in total. The zero-order chi connectivity index (χ0) is 16.4. The lowest BCUT2D eigenvalue weighted by Crippen LogP contribution is -2.11. The number of aromatic hydroxyl groups is 1. The highest BCUT2D eigenvalue weighted by atomic mass is 16.4. The molecule has 4 nitrogen and oxygen atoms in total. The summed E-state index contributed by atoms with van der Waals surface area (Å²) in [6, 6.07) is 16.0. The summed E-state index contributed by atoms with van der Waals surface area (Å²) in [6.07, 6.45) is 0.152. The van der Waals surface area contributed by atoms with Crippen molar-refractivity contribution in [3.05, 3.63) is 76.3 Å². The van der Waals surface area contributed by atoms with Crippen molar-refractivity contribution in [1.29, 1.82) is 0 Å². The van der Waals surface area contributed by atoms with Crippen molar-refractivity contribution in [2.45, 2.75) is 19.3 Å². The Hall–Kier alpha value is -2.88. The number of hydrogen-bond acceptors (Lipinski definition) is 4. The normalized spacial score (nSPS) is 12.2. The van der Waals surface area contributed by atoms with Crippen LogP contribution < -0.4 is 5.63 Å². The van der Waals surface area contributed by atoms with Crippen molar-refractivity contribution in [2.24, 2.45) is 0 Å². The van der Waals surface area contributed by atoms with Crippen LogP contribution >= 0.6 is 0 Å². The Bertz CT molecular complexity index is 910. The molecule has 0 aliphatic rings. The summed E-state index contributed by atoms with van der Waals surface area (Å²) in [7, 11) is 0. The van der Waals surface area contributed by atoms with Gasteiger partial charge < -0.3 is 9.52 Å². The molecule has 4 heteroatoms. The second kappa shape index (κ2) is 6.08. The average Bonchev–Trinajstić information content (AvgIpc) is 2.57. The maximum atomic E-state index is 12.2. The molecule has 2 aromatic carbocycles. The van der Waals surface area contributed by atoms with Gasteiger partial charge in [0.1, 0.15) is 5.78 Å². The lowest BCUT2D eigenvalue weighted by molar-refractivity contribution is -0.117. The van der Waals surface area contributed by atoms with Crippen LogP contribution in [0, 0.1) is 0 Å². The summed E-state index contributed by atoms with van der Waals surface area (Å²) >= 11 is 0. The standard InChI is InChI=1S/C19H16O4/c1-12(20)11-16(13-7-3-2-4-8-13)18-17(21)14-9-5-6-10-15(14)19(22)23-18/h2-10,16,21H,11H2,1H3/t16-/m0/s1. The van der Waals surface area contributed by atoms with Gasteiger partial charge in [-0.3, -0.25) is 4.79 Å². The topological polar surface area (TPSA) is 67.5 Å². The Morgan fingerprint density at radius 1 is 1.04 bits per heavy atom. The number of benzene rings is 2.